The minimum Gasteiger partial charge on any atom is -0.492 e. The summed E-state index contributed by atoms with van der Waals surface area (Å²) in [5, 5.41) is 24.5. The summed E-state index contributed by atoms with van der Waals surface area (Å²) in [7, 11) is 0. The Morgan fingerprint density at radius 3 is 2.57 bits per heavy atom. The number of carbonyl (C=O) groups is 1. The number of oxime groups is 1. The summed E-state index contributed by atoms with van der Waals surface area (Å²) in [5.74, 6) is 1.22. The van der Waals surface area contributed by atoms with Crippen LogP contribution in [-0.4, -0.2) is 103 Å². The number of fused-ring (bicyclic) bond motifs is 2. The second-order valence-electron chi connectivity index (χ2n) is 16.2. The number of ether oxygens (including phenoxy) is 3. The summed E-state index contributed by atoms with van der Waals surface area (Å²) in [6, 6.07) is 5.80. The molecular formula is C44H67N3O7. The molecule has 0 bridgehead atoms. The summed E-state index contributed by atoms with van der Waals surface area (Å²) in [4.78, 5) is 24.9. The number of hydrogen-bond donors (Lipinski definition) is 2. The highest BCUT2D eigenvalue weighted by Gasteiger charge is 2.65. The third kappa shape index (κ3) is 9.36. The van der Waals surface area contributed by atoms with Gasteiger partial charge in [0, 0.05) is 63.7 Å². The molecule has 1 aromatic carbocycles. The normalized spacial score (nSPS) is 28.2. The van der Waals surface area contributed by atoms with E-state index in [0.717, 1.165) is 99.3 Å². The Morgan fingerprint density at radius 2 is 1.87 bits per heavy atom. The van der Waals surface area contributed by atoms with E-state index in [4.69, 9.17) is 24.2 Å². The van der Waals surface area contributed by atoms with E-state index in [1.807, 2.05) is 19.1 Å². The lowest BCUT2D eigenvalue weighted by molar-refractivity contribution is -0.257. The summed E-state index contributed by atoms with van der Waals surface area (Å²) >= 11 is 0. The Bertz CT molecular complexity index is 1440. The summed E-state index contributed by atoms with van der Waals surface area (Å²) < 4.78 is 20.8. The molecule has 10 heteroatoms. The van der Waals surface area contributed by atoms with Crippen LogP contribution in [-0.2, 0) is 14.4 Å². The molecule has 3 fully saturated rings. The Morgan fingerprint density at radius 1 is 1.09 bits per heavy atom. The van der Waals surface area contributed by atoms with Gasteiger partial charge in [0.1, 0.15) is 30.8 Å². The van der Waals surface area contributed by atoms with Crippen LogP contribution in [0.4, 0.5) is 0 Å². The molecule has 1 aromatic rings. The molecule has 300 valence electrons. The molecule has 0 radical (unpaired) electrons. The van der Waals surface area contributed by atoms with Crippen molar-refractivity contribution >= 4 is 11.6 Å². The van der Waals surface area contributed by atoms with Crippen molar-refractivity contribution in [2.24, 2.45) is 28.8 Å². The lowest BCUT2D eigenvalue weighted by Crippen LogP contribution is -2.70. The first-order valence-electron chi connectivity index (χ1n) is 21.3. The van der Waals surface area contributed by atoms with Crippen LogP contribution in [0.2, 0.25) is 0 Å². The van der Waals surface area contributed by atoms with Crippen molar-refractivity contribution in [3.63, 3.8) is 0 Å². The lowest BCUT2D eigenvalue weighted by Gasteiger charge is -2.60. The summed E-state index contributed by atoms with van der Waals surface area (Å²) in [6.45, 7) is 13.5. The Labute approximate surface area is 323 Å². The molecule has 5 aliphatic rings. The topological polar surface area (TPSA) is 113 Å². The van der Waals surface area contributed by atoms with Crippen LogP contribution in [0.3, 0.4) is 0 Å². The summed E-state index contributed by atoms with van der Waals surface area (Å²) in [6.07, 6.45) is 16.9. The van der Waals surface area contributed by atoms with Crippen LogP contribution in [0.1, 0.15) is 115 Å². The first kappa shape index (κ1) is 40.7. The Kier molecular flexibility index (Phi) is 14.9. The molecular weight excluding hydrogens is 682 g/mol. The van der Waals surface area contributed by atoms with Crippen molar-refractivity contribution < 1.29 is 34.1 Å². The van der Waals surface area contributed by atoms with Crippen LogP contribution in [0, 0.1) is 23.7 Å². The van der Waals surface area contributed by atoms with Gasteiger partial charge < -0.3 is 34.2 Å². The van der Waals surface area contributed by atoms with Gasteiger partial charge in [0.2, 0.25) is 11.7 Å². The fourth-order valence-corrected chi connectivity index (χ4v) is 9.93. The minimum absolute atomic E-state index is 0.0428. The van der Waals surface area contributed by atoms with Gasteiger partial charge in [-0.3, -0.25) is 9.69 Å². The number of amides is 1. The maximum Gasteiger partial charge on any atom is 0.239 e. The first-order chi connectivity index (χ1) is 26.5. The van der Waals surface area contributed by atoms with E-state index in [2.05, 4.69) is 35.4 Å². The van der Waals surface area contributed by atoms with Crippen LogP contribution < -0.4 is 9.47 Å². The van der Waals surface area contributed by atoms with Crippen molar-refractivity contribution in [1.29, 1.82) is 0 Å². The number of nitrogens with zero attached hydrogens (tertiary/aromatic N) is 3. The van der Waals surface area contributed by atoms with Crippen LogP contribution >= 0.6 is 0 Å². The van der Waals surface area contributed by atoms with Crippen molar-refractivity contribution in [3.05, 3.63) is 48.1 Å². The monoisotopic (exact) mass is 749 g/mol. The largest absolute Gasteiger partial charge is 0.492 e. The standard InChI is InChI=1S/C44H67N3O7/c1-4-21-47(41(50)20-17-32-13-7-8-14-32)40-31-38(45-53-6-3)36-29-33(15-9-11-25-48)35(16-10-12-26-49)42-37-30-34(51-28-24-46-22-23-46)18-19-39(37)54-44(40,43(36)42)52-27-5-2/h5,18-19,29-30,32-33,35,40,42-43,48-49H,2,4,6-17,20-28,31H2,1,3H3. The maximum atomic E-state index is 14.6. The van der Waals surface area contributed by atoms with Gasteiger partial charge in [-0.25, -0.2) is 0 Å². The maximum absolute atomic E-state index is 14.6. The van der Waals surface area contributed by atoms with Crippen molar-refractivity contribution in [3.8, 4) is 11.5 Å². The number of hydrogen-bond acceptors (Lipinski definition) is 9. The SMILES string of the molecule is C=CCOC12Oc3ccc(OCCN4CC4)cc3C3C(CCCCO)C(CCCCO)C=C(C(=NOCC)CC1N(CCC)C(=O)CCC1CCCC1)C32. The predicted molar refractivity (Wildman–Crippen MR) is 212 cm³/mol. The zero-order valence-electron chi connectivity index (χ0n) is 33.1. The molecule has 0 spiro atoms. The summed E-state index contributed by atoms with van der Waals surface area (Å²) in [5.41, 5.74) is 3.03. The average Bonchev–Trinajstić information content (AvgIpc) is 3.86. The van der Waals surface area contributed by atoms with Crippen molar-refractivity contribution in [2.45, 2.75) is 121 Å². The highest BCUT2D eigenvalue weighted by molar-refractivity contribution is 6.03. The van der Waals surface area contributed by atoms with Gasteiger partial charge in [0.05, 0.1) is 18.2 Å². The molecule has 1 amide bonds. The fraction of sp³-hybridized carbons (Fsp3) is 0.727. The van der Waals surface area contributed by atoms with Gasteiger partial charge in [-0.2, -0.15) is 0 Å². The van der Waals surface area contributed by atoms with E-state index in [9.17, 15) is 15.0 Å². The Hall–Kier alpha value is -2.92. The highest BCUT2D eigenvalue weighted by atomic mass is 16.7. The third-order valence-electron chi connectivity index (χ3n) is 12.6. The van der Waals surface area contributed by atoms with E-state index in [1.165, 1.54) is 25.7 Å². The number of aliphatic hydroxyl groups is 2. The molecule has 2 aliphatic heterocycles. The first-order valence-corrected chi connectivity index (χ1v) is 21.3. The van der Waals surface area contributed by atoms with Crippen LogP contribution in [0.5, 0.6) is 11.5 Å². The molecule has 0 aromatic heterocycles. The molecule has 2 N–H and O–H groups in total. The molecule has 10 nitrogen and oxygen atoms in total. The smallest absolute Gasteiger partial charge is 0.239 e. The van der Waals surface area contributed by atoms with Gasteiger partial charge in [-0.05, 0) is 87.0 Å². The van der Waals surface area contributed by atoms with E-state index in [0.29, 0.717) is 38.5 Å². The van der Waals surface area contributed by atoms with Crippen molar-refractivity contribution in [2.75, 3.05) is 59.2 Å². The number of benzene rings is 1. The number of allylic oxidation sites excluding steroid dienone is 1. The van der Waals surface area contributed by atoms with Gasteiger partial charge in [0.25, 0.3) is 0 Å². The van der Waals surface area contributed by atoms with Gasteiger partial charge in [0.15, 0.2) is 0 Å². The zero-order valence-corrected chi connectivity index (χ0v) is 33.1. The minimum atomic E-state index is -1.20. The van der Waals surface area contributed by atoms with E-state index in [1.54, 1.807) is 6.08 Å². The second kappa shape index (κ2) is 19.8. The number of aliphatic hydroxyl groups excluding tert-OH is 2. The quantitative estimate of drug-likeness (QED) is 0.0522. The number of carbonyl (C=O) groups excluding carboxylic acids is 1. The molecule has 6 unspecified atom stereocenters. The molecule has 54 heavy (non-hydrogen) atoms. The Balaban J connectivity index is 1.50. The van der Waals surface area contributed by atoms with E-state index < -0.39 is 11.8 Å². The number of rotatable bonds is 23. The van der Waals surface area contributed by atoms with Gasteiger partial charge in [-0.1, -0.05) is 62.8 Å². The third-order valence-corrected chi connectivity index (χ3v) is 12.6. The zero-order chi connectivity index (χ0) is 37.9. The molecule has 6 atom stereocenters. The molecule has 1 saturated heterocycles. The molecule has 6 rings (SSSR count). The van der Waals surface area contributed by atoms with Crippen LogP contribution in [0.25, 0.3) is 0 Å². The lowest BCUT2D eigenvalue weighted by atomic mass is 9.55. The van der Waals surface area contributed by atoms with Gasteiger partial charge in [-0.15, -0.1) is 6.58 Å². The second-order valence-corrected chi connectivity index (χ2v) is 16.2. The van der Waals surface area contributed by atoms with Gasteiger partial charge >= 0.3 is 0 Å². The average molecular weight is 750 g/mol. The van der Waals surface area contributed by atoms with Crippen LogP contribution in [0.15, 0.2) is 47.7 Å². The van der Waals surface area contributed by atoms with E-state index in [-0.39, 0.29) is 49.4 Å². The fourth-order valence-electron chi connectivity index (χ4n) is 9.93. The van der Waals surface area contributed by atoms with Crippen molar-refractivity contribution in [1.82, 2.24) is 9.80 Å². The molecule has 2 saturated carbocycles. The van der Waals surface area contributed by atoms with E-state index >= 15 is 0 Å². The molecule has 2 heterocycles. The predicted octanol–water partition coefficient (Wildman–Crippen LogP) is 7.24. The number of unbranched alkanes of at least 4 members (excludes halogenated alkanes) is 2. The molecule has 3 aliphatic carbocycles. The highest BCUT2D eigenvalue weighted by Crippen LogP contribution is 2.62.